The molecule has 0 bridgehead atoms. The molecule has 6 rings (SSSR count). The van der Waals surface area contributed by atoms with E-state index in [9.17, 15) is 14.4 Å². The number of para-hydroxylation sites is 1. The molecule has 13 heteroatoms. The number of aromatic nitrogens is 1. The zero-order valence-electron chi connectivity index (χ0n) is 22.5. The van der Waals surface area contributed by atoms with E-state index >= 15 is 0 Å². The number of urea groups is 1. The number of rotatable bonds is 6. The van der Waals surface area contributed by atoms with Crippen LogP contribution in [0.3, 0.4) is 0 Å². The molecule has 2 saturated heterocycles. The Kier molecular flexibility index (Phi) is 7.67. The van der Waals surface area contributed by atoms with Gasteiger partial charge in [-0.25, -0.2) is 9.78 Å². The molecule has 0 saturated carbocycles. The number of thiazole rings is 1. The van der Waals surface area contributed by atoms with E-state index in [1.807, 2.05) is 48.5 Å². The zero-order valence-corrected chi connectivity index (χ0v) is 24.9. The smallest absolute Gasteiger partial charge is 0.332 e. The second kappa shape index (κ2) is 11.4. The average Bonchev–Trinajstić information content (AvgIpc) is 3.53. The van der Waals surface area contributed by atoms with Crippen LogP contribution in [0.2, 0.25) is 10.0 Å². The molecule has 1 aromatic heterocycles. The first kappa shape index (κ1) is 28.2. The predicted molar refractivity (Wildman–Crippen MR) is 162 cm³/mol. The molecule has 4 aromatic rings. The van der Waals surface area contributed by atoms with Gasteiger partial charge in [0.1, 0.15) is 12.2 Å². The van der Waals surface area contributed by atoms with Gasteiger partial charge in [0.25, 0.3) is 5.91 Å². The number of nitrogens with zero attached hydrogens (tertiary/aromatic N) is 5. The highest BCUT2D eigenvalue weighted by Crippen LogP contribution is 2.37. The van der Waals surface area contributed by atoms with Gasteiger partial charge in [-0.05, 0) is 34.9 Å². The summed E-state index contributed by atoms with van der Waals surface area (Å²) in [6, 6.07) is 18.9. The Labute approximate surface area is 256 Å². The zero-order chi connectivity index (χ0) is 29.5. The van der Waals surface area contributed by atoms with Crippen molar-refractivity contribution in [3.05, 3.63) is 93.5 Å². The van der Waals surface area contributed by atoms with E-state index in [2.05, 4.69) is 10.3 Å². The quantitative estimate of drug-likeness (QED) is 0.327. The number of nitrogen functional groups attached to an aromatic ring is 1. The van der Waals surface area contributed by atoms with E-state index in [0.29, 0.717) is 20.7 Å². The van der Waals surface area contributed by atoms with Gasteiger partial charge in [-0.2, -0.15) is 5.01 Å². The molecule has 3 aromatic carbocycles. The third kappa shape index (κ3) is 5.24. The number of carbonyl (C=O) groups is 3. The summed E-state index contributed by atoms with van der Waals surface area (Å²) in [5.41, 5.74) is 9.07. The van der Waals surface area contributed by atoms with Crippen molar-refractivity contribution in [2.24, 2.45) is 0 Å². The molecular weight excluding hydrogens is 597 g/mol. The highest BCUT2D eigenvalue weighted by molar-refractivity contribution is 7.22. The summed E-state index contributed by atoms with van der Waals surface area (Å²) in [7, 11) is 1.61. The van der Waals surface area contributed by atoms with Crippen molar-refractivity contribution in [1.82, 2.24) is 30.1 Å². The SMILES string of the molecule is CN(C(=O)NCc1ccc(Cl)c(Cl)c1)N1CC(=O)N2[C@@H](c3ccccc3)C(=O)N(Cc3cccc4sc(N)nc34)C[C@@H]21. The summed E-state index contributed by atoms with van der Waals surface area (Å²) in [6.45, 7) is 0.648. The van der Waals surface area contributed by atoms with Gasteiger partial charge >= 0.3 is 6.03 Å². The van der Waals surface area contributed by atoms with Crippen molar-refractivity contribution < 1.29 is 14.4 Å². The number of nitrogens with one attached hydrogen (secondary N) is 1. The fourth-order valence-corrected chi connectivity index (χ4v) is 6.62. The maximum atomic E-state index is 14.0. The number of hydrazine groups is 1. The Morgan fingerprint density at radius 3 is 2.64 bits per heavy atom. The van der Waals surface area contributed by atoms with Crippen LogP contribution < -0.4 is 11.1 Å². The maximum Gasteiger partial charge on any atom is 0.332 e. The fourth-order valence-electron chi connectivity index (χ4n) is 5.51. The van der Waals surface area contributed by atoms with E-state index in [-0.39, 0.29) is 38.0 Å². The fraction of sp³-hybridized carbons (Fsp3) is 0.241. The van der Waals surface area contributed by atoms with Crippen LogP contribution in [0.15, 0.2) is 66.7 Å². The van der Waals surface area contributed by atoms with Gasteiger partial charge in [-0.3, -0.25) is 14.6 Å². The Morgan fingerprint density at radius 1 is 1.10 bits per heavy atom. The second-order valence-electron chi connectivity index (χ2n) is 10.2. The lowest BCUT2D eigenvalue weighted by molar-refractivity contribution is -0.157. The van der Waals surface area contributed by atoms with Gasteiger partial charge in [0, 0.05) is 20.1 Å². The van der Waals surface area contributed by atoms with E-state index < -0.39 is 18.2 Å². The summed E-state index contributed by atoms with van der Waals surface area (Å²) >= 11 is 13.5. The van der Waals surface area contributed by atoms with E-state index in [4.69, 9.17) is 28.9 Å². The van der Waals surface area contributed by atoms with Crippen molar-refractivity contribution in [1.29, 1.82) is 0 Å². The van der Waals surface area contributed by atoms with Crippen molar-refractivity contribution in [3.8, 4) is 0 Å². The number of benzene rings is 3. The summed E-state index contributed by atoms with van der Waals surface area (Å²) in [6.07, 6.45) is -0.569. The molecule has 2 aliphatic rings. The molecule has 0 unspecified atom stereocenters. The largest absolute Gasteiger partial charge is 0.375 e. The van der Waals surface area contributed by atoms with Gasteiger partial charge in [0.2, 0.25) is 5.91 Å². The van der Waals surface area contributed by atoms with Gasteiger partial charge in [-0.15, -0.1) is 0 Å². The summed E-state index contributed by atoms with van der Waals surface area (Å²) in [5, 5.41) is 7.25. The van der Waals surface area contributed by atoms with Crippen molar-refractivity contribution in [2.45, 2.75) is 25.3 Å². The monoisotopic (exact) mass is 623 g/mol. The van der Waals surface area contributed by atoms with E-state index in [1.165, 1.54) is 16.3 Å². The molecule has 2 fully saturated rings. The third-order valence-electron chi connectivity index (χ3n) is 7.56. The number of hydrogen-bond donors (Lipinski definition) is 2. The Hall–Kier alpha value is -3.90. The summed E-state index contributed by atoms with van der Waals surface area (Å²) in [5.74, 6) is -0.431. The van der Waals surface area contributed by atoms with Gasteiger partial charge in [-0.1, -0.05) is 83.1 Å². The van der Waals surface area contributed by atoms with Crippen LogP contribution in [0.4, 0.5) is 9.93 Å². The molecule has 2 atom stereocenters. The number of nitrogens with two attached hydrogens (primary N) is 1. The van der Waals surface area contributed by atoms with Gasteiger partial charge in [0.15, 0.2) is 5.13 Å². The van der Waals surface area contributed by atoms with Crippen molar-refractivity contribution in [3.63, 3.8) is 0 Å². The predicted octanol–water partition coefficient (Wildman–Crippen LogP) is 4.50. The summed E-state index contributed by atoms with van der Waals surface area (Å²) < 4.78 is 0.937. The minimum atomic E-state index is -0.838. The van der Waals surface area contributed by atoms with Crippen LogP contribution in [0, 0.1) is 0 Å². The third-order valence-corrected chi connectivity index (χ3v) is 9.15. The van der Waals surface area contributed by atoms with Crippen molar-refractivity contribution in [2.75, 3.05) is 25.9 Å². The van der Waals surface area contributed by atoms with Crippen LogP contribution in [-0.4, -0.2) is 69.0 Å². The highest BCUT2D eigenvalue weighted by Gasteiger charge is 2.52. The van der Waals surface area contributed by atoms with Crippen LogP contribution in [0.5, 0.6) is 0 Å². The molecule has 0 spiro atoms. The molecule has 0 aliphatic carbocycles. The van der Waals surface area contributed by atoms with E-state index in [0.717, 1.165) is 21.3 Å². The van der Waals surface area contributed by atoms with Crippen LogP contribution >= 0.6 is 34.5 Å². The van der Waals surface area contributed by atoms with E-state index in [1.54, 1.807) is 40.1 Å². The number of halogens is 2. The molecule has 10 nitrogen and oxygen atoms in total. The normalized spacial score (nSPS) is 18.9. The minimum Gasteiger partial charge on any atom is -0.375 e. The summed E-state index contributed by atoms with van der Waals surface area (Å²) in [4.78, 5) is 48.6. The first-order valence-corrected chi connectivity index (χ1v) is 14.8. The molecule has 3 N–H and O–H groups in total. The number of fused-ring (bicyclic) bond motifs is 2. The average molecular weight is 625 g/mol. The molecule has 0 radical (unpaired) electrons. The highest BCUT2D eigenvalue weighted by atomic mass is 35.5. The lowest BCUT2D eigenvalue weighted by Gasteiger charge is -2.45. The van der Waals surface area contributed by atoms with Crippen molar-refractivity contribution >= 4 is 67.7 Å². The van der Waals surface area contributed by atoms with Gasteiger partial charge < -0.3 is 20.9 Å². The Morgan fingerprint density at radius 2 is 1.88 bits per heavy atom. The first-order valence-electron chi connectivity index (χ1n) is 13.2. The Balaban J connectivity index is 1.28. The topological polar surface area (TPSA) is 115 Å². The lowest BCUT2D eigenvalue weighted by Crippen LogP contribution is -2.62. The number of anilines is 1. The number of hydrogen-bond acceptors (Lipinski definition) is 7. The Bertz CT molecular complexity index is 1680. The van der Waals surface area contributed by atoms with Crippen LogP contribution in [-0.2, 0) is 22.7 Å². The lowest BCUT2D eigenvalue weighted by atomic mass is 10.00. The van der Waals surface area contributed by atoms with Crippen LogP contribution in [0.1, 0.15) is 22.7 Å². The standard InChI is InChI=1S/C29H27Cl2N7O3S/c1-35(29(41)33-13-17-10-11-20(30)21(31)12-17)37-16-24(39)38-23(37)15-36(27(40)26(38)18-6-3-2-4-7-18)14-19-8-5-9-22-25(19)34-28(32)42-22/h2-12,23,26H,13-16H2,1H3,(H2,32,34)(H,33,41)/t23-,26+/m1/s1. The maximum absolute atomic E-state index is 14.0. The molecule has 2 aliphatic heterocycles. The van der Waals surface area contributed by atoms with Gasteiger partial charge in [0.05, 0.1) is 33.4 Å². The first-order chi connectivity index (χ1) is 20.2. The second-order valence-corrected chi connectivity index (χ2v) is 12.0. The number of amides is 4. The van der Waals surface area contributed by atoms with Crippen LogP contribution in [0.25, 0.3) is 10.2 Å². The number of piperazine rings is 1. The number of carbonyl (C=O) groups excluding carboxylic acids is 3. The molecular formula is C29H27Cl2N7O3S. The molecule has 42 heavy (non-hydrogen) atoms. The molecule has 4 amide bonds. The molecule has 3 heterocycles. The minimum absolute atomic E-state index is 0.0516. The molecule has 216 valence electrons.